The standard InChI is InChI=1S/C21H21NO3S.C16H18BrNO2/c1-25-21(24)14-7-8-16-17(11-14)22-19(20-15(12-23)9-10-26-20)18(16)13-5-3-2-4-6-13;1-20-16(19)11-7-8-12-13(9-11)18-15(17)14(12)10-5-3-2-4-6-10/h7-13,22H,2-6H2,1H3;7-10,18H,2-6H2,1H3. The summed E-state index contributed by atoms with van der Waals surface area (Å²) in [6.45, 7) is 0. The molecule has 2 saturated carbocycles. The number of benzene rings is 2. The molecule has 3 aromatic heterocycles. The molecule has 3 heterocycles. The fourth-order valence-corrected chi connectivity index (χ4v) is 8.93. The molecule has 0 amide bonds. The van der Waals surface area contributed by atoms with Crippen LogP contribution < -0.4 is 0 Å². The predicted molar refractivity (Wildman–Crippen MR) is 187 cm³/mol. The Bertz CT molecular complexity index is 1870. The SMILES string of the molecule is COC(=O)c1ccc2c(C3CCCCC3)c(-c3sccc3C=O)[nH]c2c1.COC(=O)c1ccc2c(C3CCCCC3)c(Br)[nH]c2c1. The van der Waals surface area contributed by atoms with Gasteiger partial charge in [-0.15, -0.1) is 11.3 Å². The molecular formula is C37H39BrN2O5S. The number of nitrogens with one attached hydrogen (secondary N) is 2. The first-order valence-corrected chi connectivity index (χ1v) is 17.8. The Morgan fingerprint density at radius 2 is 1.28 bits per heavy atom. The minimum atomic E-state index is -0.341. The molecule has 5 aromatic rings. The van der Waals surface area contributed by atoms with Gasteiger partial charge in [-0.05, 0) is 100 Å². The molecular weight excluding hydrogens is 664 g/mol. The molecule has 0 saturated heterocycles. The van der Waals surface area contributed by atoms with Gasteiger partial charge in [0.2, 0.25) is 0 Å². The summed E-state index contributed by atoms with van der Waals surface area (Å²) in [4.78, 5) is 42.8. The van der Waals surface area contributed by atoms with Crippen LogP contribution in [0, 0.1) is 0 Å². The molecule has 240 valence electrons. The molecule has 7 nitrogen and oxygen atoms in total. The zero-order valence-electron chi connectivity index (χ0n) is 26.2. The fraction of sp³-hybridized carbons (Fsp3) is 0.378. The Kier molecular flexibility index (Phi) is 10.1. The molecule has 0 radical (unpaired) electrons. The number of hydrogen-bond donors (Lipinski definition) is 2. The summed E-state index contributed by atoms with van der Waals surface area (Å²) in [6.07, 6.45) is 13.5. The van der Waals surface area contributed by atoms with Crippen LogP contribution in [0.25, 0.3) is 32.4 Å². The van der Waals surface area contributed by atoms with Gasteiger partial charge in [-0.2, -0.15) is 0 Å². The molecule has 2 N–H and O–H groups in total. The summed E-state index contributed by atoms with van der Waals surface area (Å²) in [7, 11) is 2.80. The summed E-state index contributed by atoms with van der Waals surface area (Å²) in [6, 6.07) is 13.3. The van der Waals surface area contributed by atoms with Crippen LogP contribution in [0.2, 0.25) is 0 Å². The highest BCUT2D eigenvalue weighted by molar-refractivity contribution is 9.10. The summed E-state index contributed by atoms with van der Waals surface area (Å²) in [5.41, 5.74) is 7.46. The van der Waals surface area contributed by atoms with Crippen molar-refractivity contribution in [3.63, 3.8) is 0 Å². The minimum absolute atomic E-state index is 0.295. The highest BCUT2D eigenvalue weighted by Crippen LogP contribution is 2.44. The second-order valence-electron chi connectivity index (χ2n) is 12.3. The predicted octanol–water partition coefficient (Wildman–Crippen LogP) is 10.3. The van der Waals surface area contributed by atoms with Crippen LogP contribution in [0.1, 0.15) is 118 Å². The smallest absolute Gasteiger partial charge is 0.337 e. The highest BCUT2D eigenvalue weighted by Gasteiger charge is 2.26. The van der Waals surface area contributed by atoms with Crippen LogP contribution in [-0.4, -0.2) is 42.4 Å². The number of hydrogen-bond acceptors (Lipinski definition) is 6. The van der Waals surface area contributed by atoms with E-state index in [0.29, 0.717) is 28.5 Å². The van der Waals surface area contributed by atoms with Crippen molar-refractivity contribution < 1.29 is 23.9 Å². The second kappa shape index (κ2) is 14.4. The number of carbonyl (C=O) groups is 3. The lowest BCUT2D eigenvalue weighted by Gasteiger charge is -2.22. The lowest BCUT2D eigenvalue weighted by atomic mass is 9.82. The van der Waals surface area contributed by atoms with Crippen molar-refractivity contribution in [1.82, 2.24) is 9.97 Å². The molecule has 7 rings (SSSR count). The molecule has 2 aliphatic carbocycles. The lowest BCUT2D eigenvalue weighted by molar-refractivity contribution is 0.0592. The normalized spacial score (nSPS) is 15.8. The van der Waals surface area contributed by atoms with Crippen molar-refractivity contribution >= 4 is 67.3 Å². The maximum atomic E-state index is 11.9. The first-order chi connectivity index (χ1) is 22.4. The van der Waals surface area contributed by atoms with Crippen molar-refractivity contribution in [2.75, 3.05) is 14.2 Å². The third kappa shape index (κ3) is 6.45. The van der Waals surface area contributed by atoms with E-state index >= 15 is 0 Å². The van der Waals surface area contributed by atoms with Crippen molar-refractivity contribution in [2.45, 2.75) is 76.0 Å². The van der Waals surface area contributed by atoms with E-state index in [4.69, 9.17) is 9.47 Å². The first-order valence-electron chi connectivity index (χ1n) is 16.1. The number of carbonyl (C=O) groups excluding carboxylic acids is 3. The van der Waals surface area contributed by atoms with E-state index in [1.54, 1.807) is 11.3 Å². The van der Waals surface area contributed by atoms with Crippen LogP contribution in [0.3, 0.4) is 0 Å². The molecule has 2 aliphatic rings. The summed E-state index contributed by atoms with van der Waals surface area (Å²) in [5.74, 6) is 0.470. The Morgan fingerprint density at radius 3 is 1.83 bits per heavy atom. The van der Waals surface area contributed by atoms with Crippen molar-refractivity contribution in [3.05, 3.63) is 80.3 Å². The van der Waals surface area contributed by atoms with Crippen molar-refractivity contribution in [3.8, 4) is 10.6 Å². The van der Waals surface area contributed by atoms with E-state index < -0.39 is 0 Å². The lowest BCUT2D eigenvalue weighted by Crippen LogP contribution is -2.05. The van der Waals surface area contributed by atoms with Crippen LogP contribution >= 0.6 is 27.3 Å². The Labute approximate surface area is 281 Å². The number of aromatic nitrogens is 2. The maximum absolute atomic E-state index is 11.9. The van der Waals surface area contributed by atoms with Gasteiger partial charge >= 0.3 is 11.9 Å². The number of methoxy groups -OCH3 is 2. The molecule has 2 aromatic carbocycles. The van der Waals surface area contributed by atoms with E-state index in [9.17, 15) is 14.4 Å². The maximum Gasteiger partial charge on any atom is 0.337 e. The molecule has 0 spiro atoms. The minimum Gasteiger partial charge on any atom is -0.465 e. The number of aldehydes is 1. The molecule has 0 bridgehead atoms. The van der Waals surface area contributed by atoms with E-state index in [1.165, 1.54) is 94.9 Å². The number of halogens is 1. The first kappa shape index (κ1) is 32.3. The van der Waals surface area contributed by atoms with E-state index in [0.717, 1.165) is 37.9 Å². The van der Waals surface area contributed by atoms with Crippen molar-refractivity contribution in [2.24, 2.45) is 0 Å². The van der Waals surface area contributed by atoms with Crippen molar-refractivity contribution in [1.29, 1.82) is 0 Å². The molecule has 0 aliphatic heterocycles. The number of aromatic amines is 2. The van der Waals surface area contributed by atoms with E-state index in [2.05, 4.69) is 25.9 Å². The Hall–Kier alpha value is -3.69. The fourth-order valence-electron chi connectivity index (χ4n) is 7.30. The Morgan fingerprint density at radius 1 is 0.761 bits per heavy atom. The number of H-pyrrole nitrogens is 2. The number of fused-ring (bicyclic) bond motifs is 2. The third-order valence-corrected chi connectivity index (χ3v) is 11.1. The van der Waals surface area contributed by atoms with E-state index in [-0.39, 0.29) is 11.9 Å². The molecule has 0 atom stereocenters. The summed E-state index contributed by atoms with van der Waals surface area (Å²) >= 11 is 5.23. The zero-order chi connectivity index (χ0) is 32.2. The quantitative estimate of drug-likeness (QED) is 0.135. The van der Waals surface area contributed by atoms with Gasteiger partial charge < -0.3 is 19.4 Å². The van der Waals surface area contributed by atoms with Gasteiger partial charge in [-0.1, -0.05) is 50.7 Å². The van der Waals surface area contributed by atoms with Gasteiger partial charge in [-0.25, -0.2) is 9.59 Å². The monoisotopic (exact) mass is 702 g/mol. The Balaban J connectivity index is 0.000000167. The van der Waals surface area contributed by atoms with Crippen LogP contribution in [0.15, 0.2) is 52.4 Å². The van der Waals surface area contributed by atoms with Crippen LogP contribution in [0.4, 0.5) is 0 Å². The number of thiophene rings is 1. The number of rotatable bonds is 6. The number of ether oxygens (including phenoxy) is 2. The summed E-state index contributed by atoms with van der Waals surface area (Å²) in [5, 5.41) is 4.32. The van der Waals surface area contributed by atoms with E-state index in [1.807, 2.05) is 47.8 Å². The largest absolute Gasteiger partial charge is 0.465 e. The average molecular weight is 704 g/mol. The molecule has 9 heteroatoms. The van der Waals surface area contributed by atoms with Gasteiger partial charge in [0, 0.05) is 27.4 Å². The van der Waals surface area contributed by atoms with Crippen LogP contribution in [0.5, 0.6) is 0 Å². The third-order valence-electron chi connectivity index (χ3n) is 9.55. The molecule has 0 unspecified atom stereocenters. The van der Waals surface area contributed by atoms with Gasteiger partial charge in [-0.3, -0.25) is 4.79 Å². The van der Waals surface area contributed by atoms with Gasteiger partial charge in [0.25, 0.3) is 0 Å². The highest BCUT2D eigenvalue weighted by atomic mass is 79.9. The summed E-state index contributed by atoms with van der Waals surface area (Å²) < 4.78 is 10.7. The molecule has 2 fully saturated rings. The second-order valence-corrected chi connectivity index (χ2v) is 14.0. The topological polar surface area (TPSA) is 101 Å². The van der Waals surface area contributed by atoms with Gasteiger partial charge in [0.1, 0.15) is 0 Å². The van der Waals surface area contributed by atoms with Crippen LogP contribution in [-0.2, 0) is 9.47 Å². The molecule has 46 heavy (non-hydrogen) atoms. The number of esters is 2. The zero-order valence-corrected chi connectivity index (χ0v) is 28.7. The average Bonchev–Trinajstić information content (AvgIpc) is 3.82. The van der Waals surface area contributed by atoms with Gasteiger partial charge in [0.05, 0.1) is 40.5 Å². The van der Waals surface area contributed by atoms with Gasteiger partial charge in [0.15, 0.2) is 6.29 Å².